The zero-order valence-corrected chi connectivity index (χ0v) is 8.63. The Morgan fingerprint density at radius 3 is 2.33 bits per heavy atom. The first-order valence-corrected chi connectivity index (χ1v) is 4.70. The lowest BCUT2D eigenvalue weighted by Gasteiger charge is -2.09. The van der Waals surface area contributed by atoms with Crippen molar-refractivity contribution in [3.63, 3.8) is 0 Å². The highest BCUT2D eigenvalue weighted by Gasteiger charge is 2.00. The first kappa shape index (κ1) is 11.4. The molecule has 1 unspecified atom stereocenters. The molecule has 0 rings (SSSR count). The van der Waals surface area contributed by atoms with E-state index >= 15 is 0 Å². The Balaban J connectivity index is 3.55. The van der Waals surface area contributed by atoms with Crippen LogP contribution in [0.15, 0.2) is 12.2 Å². The van der Waals surface area contributed by atoms with Gasteiger partial charge in [-0.15, -0.1) is 0 Å². The van der Waals surface area contributed by atoms with Crippen LogP contribution in [0.25, 0.3) is 0 Å². The molecule has 0 heterocycles. The van der Waals surface area contributed by atoms with Gasteiger partial charge in [-0.05, 0) is 25.2 Å². The number of Topliss-reactive ketones (excluding diaryl/α,β-unsaturated/α-hetero) is 1. The zero-order chi connectivity index (χ0) is 9.56. The van der Waals surface area contributed by atoms with Crippen LogP contribution < -0.4 is 0 Å². The maximum Gasteiger partial charge on any atom is 0.130 e. The number of ketones is 1. The maximum atomic E-state index is 10.6. The van der Waals surface area contributed by atoms with Gasteiger partial charge in [-0.2, -0.15) is 0 Å². The second kappa shape index (κ2) is 5.99. The number of rotatable bonds is 5. The van der Waals surface area contributed by atoms with Crippen LogP contribution in [-0.4, -0.2) is 5.78 Å². The molecule has 1 atom stereocenters. The summed E-state index contributed by atoms with van der Waals surface area (Å²) < 4.78 is 0. The Morgan fingerprint density at radius 1 is 1.33 bits per heavy atom. The van der Waals surface area contributed by atoms with Gasteiger partial charge in [0.25, 0.3) is 0 Å². The van der Waals surface area contributed by atoms with Crippen LogP contribution in [0.1, 0.15) is 40.5 Å². The predicted octanol–water partition coefficient (Wildman–Crippen LogP) is 3.20. The van der Waals surface area contributed by atoms with Crippen LogP contribution >= 0.6 is 0 Å². The highest BCUT2D eigenvalue weighted by Crippen LogP contribution is 2.11. The SMILES string of the molecule is CC(=O)CCC=CC(C)C(C)C. The topological polar surface area (TPSA) is 17.1 Å². The van der Waals surface area contributed by atoms with Crippen LogP contribution in [0.3, 0.4) is 0 Å². The van der Waals surface area contributed by atoms with Crippen LogP contribution in [0.2, 0.25) is 0 Å². The molecular weight excluding hydrogens is 148 g/mol. The predicted molar refractivity (Wildman–Crippen MR) is 53.1 cm³/mol. The van der Waals surface area contributed by atoms with Gasteiger partial charge >= 0.3 is 0 Å². The minimum Gasteiger partial charge on any atom is -0.300 e. The van der Waals surface area contributed by atoms with Gasteiger partial charge in [0.1, 0.15) is 5.78 Å². The molecule has 0 aliphatic heterocycles. The minimum atomic E-state index is 0.275. The Morgan fingerprint density at radius 2 is 1.92 bits per heavy atom. The molecule has 0 N–H and O–H groups in total. The highest BCUT2D eigenvalue weighted by atomic mass is 16.1. The molecule has 0 aliphatic rings. The molecule has 0 aromatic rings. The van der Waals surface area contributed by atoms with Crippen molar-refractivity contribution in [1.29, 1.82) is 0 Å². The fourth-order valence-corrected chi connectivity index (χ4v) is 0.820. The summed E-state index contributed by atoms with van der Waals surface area (Å²) in [4.78, 5) is 10.6. The molecule has 0 saturated heterocycles. The first-order chi connectivity index (χ1) is 5.54. The number of carbonyl (C=O) groups excluding carboxylic acids is 1. The van der Waals surface area contributed by atoms with E-state index in [4.69, 9.17) is 0 Å². The molecule has 0 amide bonds. The summed E-state index contributed by atoms with van der Waals surface area (Å²) in [7, 11) is 0. The minimum absolute atomic E-state index is 0.275. The fourth-order valence-electron chi connectivity index (χ4n) is 0.820. The van der Waals surface area contributed by atoms with E-state index < -0.39 is 0 Å². The molecular formula is C11H20O. The Hall–Kier alpha value is -0.590. The largest absolute Gasteiger partial charge is 0.300 e. The van der Waals surface area contributed by atoms with Crippen LogP contribution in [0, 0.1) is 11.8 Å². The van der Waals surface area contributed by atoms with Gasteiger partial charge in [-0.1, -0.05) is 32.9 Å². The van der Waals surface area contributed by atoms with Crippen molar-refractivity contribution in [2.75, 3.05) is 0 Å². The summed E-state index contributed by atoms with van der Waals surface area (Å²) in [5.41, 5.74) is 0. The third-order valence-corrected chi connectivity index (χ3v) is 2.15. The number of hydrogen-bond acceptors (Lipinski definition) is 1. The summed E-state index contributed by atoms with van der Waals surface area (Å²) in [6.45, 7) is 8.26. The van der Waals surface area contributed by atoms with E-state index in [2.05, 4.69) is 32.9 Å². The molecule has 0 aromatic carbocycles. The van der Waals surface area contributed by atoms with Crippen molar-refractivity contribution >= 4 is 5.78 Å². The number of hydrogen-bond donors (Lipinski definition) is 0. The standard InChI is InChI=1S/C11H20O/c1-9(2)10(3)7-5-6-8-11(4)12/h5,7,9-10H,6,8H2,1-4H3. The zero-order valence-electron chi connectivity index (χ0n) is 8.63. The number of carbonyl (C=O) groups is 1. The normalized spacial score (nSPS) is 14.1. The summed E-state index contributed by atoms with van der Waals surface area (Å²) in [5, 5.41) is 0. The average Bonchev–Trinajstić information content (AvgIpc) is 1.97. The molecule has 0 fully saturated rings. The van der Waals surface area contributed by atoms with Crippen LogP contribution in [0.4, 0.5) is 0 Å². The quantitative estimate of drug-likeness (QED) is 0.576. The van der Waals surface area contributed by atoms with E-state index in [1.165, 1.54) is 0 Å². The van der Waals surface area contributed by atoms with E-state index in [1.54, 1.807) is 6.92 Å². The summed E-state index contributed by atoms with van der Waals surface area (Å²) in [5.74, 6) is 1.59. The molecule has 1 heteroatoms. The smallest absolute Gasteiger partial charge is 0.130 e. The van der Waals surface area contributed by atoms with E-state index in [9.17, 15) is 4.79 Å². The molecule has 0 saturated carbocycles. The van der Waals surface area contributed by atoms with Gasteiger partial charge in [0, 0.05) is 6.42 Å². The van der Waals surface area contributed by atoms with E-state index in [-0.39, 0.29) is 5.78 Å². The monoisotopic (exact) mass is 168 g/mol. The third kappa shape index (κ3) is 6.14. The highest BCUT2D eigenvalue weighted by molar-refractivity contribution is 5.75. The van der Waals surface area contributed by atoms with Gasteiger partial charge in [0.2, 0.25) is 0 Å². The maximum absolute atomic E-state index is 10.6. The van der Waals surface area contributed by atoms with Crippen molar-refractivity contribution in [3.8, 4) is 0 Å². The number of allylic oxidation sites excluding steroid dienone is 2. The summed E-state index contributed by atoms with van der Waals surface area (Å²) in [6, 6.07) is 0. The molecule has 0 radical (unpaired) electrons. The van der Waals surface area contributed by atoms with Gasteiger partial charge in [-0.3, -0.25) is 0 Å². The fraction of sp³-hybridized carbons (Fsp3) is 0.727. The molecule has 0 aliphatic carbocycles. The average molecular weight is 168 g/mol. The van der Waals surface area contributed by atoms with Gasteiger partial charge < -0.3 is 4.79 Å². The third-order valence-electron chi connectivity index (χ3n) is 2.15. The second-order valence-corrected chi connectivity index (χ2v) is 3.77. The van der Waals surface area contributed by atoms with E-state index in [0.717, 1.165) is 6.42 Å². The van der Waals surface area contributed by atoms with Crippen molar-refractivity contribution in [2.45, 2.75) is 40.5 Å². The lowest BCUT2D eigenvalue weighted by atomic mass is 9.97. The lowest BCUT2D eigenvalue weighted by molar-refractivity contribution is -0.116. The first-order valence-electron chi connectivity index (χ1n) is 4.70. The Labute approximate surface area is 75.9 Å². The molecule has 0 bridgehead atoms. The van der Waals surface area contributed by atoms with Crippen molar-refractivity contribution in [2.24, 2.45) is 11.8 Å². The van der Waals surface area contributed by atoms with Crippen LogP contribution in [0.5, 0.6) is 0 Å². The van der Waals surface area contributed by atoms with Crippen molar-refractivity contribution < 1.29 is 4.79 Å². The molecule has 0 spiro atoms. The van der Waals surface area contributed by atoms with E-state index in [1.807, 2.05) is 0 Å². The van der Waals surface area contributed by atoms with Gasteiger partial charge in [0.15, 0.2) is 0 Å². The van der Waals surface area contributed by atoms with Crippen LogP contribution in [-0.2, 0) is 4.79 Å². The lowest BCUT2D eigenvalue weighted by Crippen LogP contribution is -1.99. The molecule has 12 heavy (non-hydrogen) atoms. The summed E-state index contributed by atoms with van der Waals surface area (Å²) in [6.07, 6.45) is 5.90. The Kier molecular flexibility index (Phi) is 5.69. The second-order valence-electron chi connectivity index (χ2n) is 3.77. The van der Waals surface area contributed by atoms with Gasteiger partial charge in [0.05, 0.1) is 0 Å². The molecule has 70 valence electrons. The molecule has 1 nitrogen and oxygen atoms in total. The van der Waals surface area contributed by atoms with Crippen molar-refractivity contribution in [1.82, 2.24) is 0 Å². The summed E-state index contributed by atoms with van der Waals surface area (Å²) >= 11 is 0. The van der Waals surface area contributed by atoms with Crippen molar-refractivity contribution in [3.05, 3.63) is 12.2 Å². The van der Waals surface area contributed by atoms with E-state index in [0.29, 0.717) is 18.3 Å². The molecule has 0 aromatic heterocycles. The Bertz CT molecular complexity index is 156. The van der Waals surface area contributed by atoms with Gasteiger partial charge in [-0.25, -0.2) is 0 Å².